The zero-order chi connectivity index (χ0) is 11.1. The van der Waals surface area contributed by atoms with Crippen molar-refractivity contribution >= 4 is 0 Å². The van der Waals surface area contributed by atoms with Crippen LogP contribution in [0.2, 0.25) is 0 Å². The van der Waals surface area contributed by atoms with Gasteiger partial charge in [0.05, 0.1) is 24.9 Å². The Kier molecular flexibility index (Phi) is 2.48. The Balaban J connectivity index is 1.90. The minimum absolute atomic E-state index is 0.417. The van der Waals surface area contributed by atoms with Crippen LogP contribution < -0.4 is 0 Å². The van der Waals surface area contributed by atoms with Crippen LogP contribution in [-0.4, -0.2) is 40.9 Å². The summed E-state index contributed by atoms with van der Waals surface area (Å²) in [7, 11) is 0. The zero-order valence-electron chi connectivity index (χ0n) is 9.99. The maximum Gasteiger partial charge on any atom is 0.0665 e. The molecule has 0 amide bonds. The van der Waals surface area contributed by atoms with Gasteiger partial charge in [0, 0.05) is 23.8 Å². The Bertz CT molecular complexity index is 364. The zero-order valence-corrected chi connectivity index (χ0v) is 9.99. The van der Waals surface area contributed by atoms with E-state index in [2.05, 4.69) is 28.9 Å². The molecule has 2 fully saturated rings. The van der Waals surface area contributed by atoms with Crippen LogP contribution in [-0.2, 0) is 4.74 Å². The fraction of sp³-hybridized carbons (Fsp3) is 0.750. The number of ether oxygens (including phenoxy) is 1. The molecule has 1 atom stereocenters. The highest BCUT2D eigenvalue weighted by molar-refractivity contribution is 5.28. The average Bonchev–Trinajstić information content (AvgIpc) is 3.07. The van der Waals surface area contributed by atoms with E-state index in [4.69, 9.17) is 4.74 Å². The molecule has 0 radical (unpaired) electrons. The first-order chi connectivity index (χ1) is 7.77. The van der Waals surface area contributed by atoms with Gasteiger partial charge >= 0.3 is 0 Å². The van der Waals surface area contributed by atoms with E-state index >= 15 is 0 Å². The number of hydrogen-bond donors (Lipinski definition) is 1. The lowest BCUT2D eigenvalue weighted by Crippen LogP contribution is -2.41. The fourth-order valence-corrected chi connectivity index (χ4v) is 2.76. The van der Waals surface area contributed by atoms with E-state index in [-0.39, 0.29) is 0 Å². The summed E-state index contributed by atoms with van der Waals surface area (Å²) < 4.78 is 5.64. The van der Waals surface area contributed by atoms with Gasteiger partial charge in [-0.25, -0.2) is 0 Å². The molecule has 3 rings (SSSR count). The predicted molar refractivity (Wildman–Crippen MR) is 61.3 cm³/mol. The van der Waals surface area contributed by atoms with Crippen molar-refractivity contribution in [3.8, 4) is 0 Å². The molecular weight excluding hydrogens is 202 g/mol. The molecule has 1 N–H and O–H groups in total. The molecule has 16 heavy (non-hydrogen) atoms. The number of nitrogens with one attached hydrogen (secondary N) is 1. The van der Waals surface area contributed by atoms with Crippen LogP contribution in [0.25, 0.3) is 0 Å². The van der Waals surface area contributed by atoms with Gasteiger partial charge in [-0.05, 0) is 26.7 Å². The van der Waals surface area contributed by atoms with Gasteiger partial charge in [-0.3, -0.25) is 10.00 Å². The van der Waals surface area contributed by atoms with E-state index in [1.54, 1.807) is 0 Å². The second-order valence-electron chi connectivity index (χ2n) is 4.91. The molecule has 88 valence electrons. The molecule has 1 saturated heterocycles. The Morgan fingerprint density at radius 1 is 1.38 bits per heavy atom. The van der Waals surface area contributed by atoms with Gasteiger partial charge < -0.3 is 4.74 Å². The van der Waals surface area contributed by atoms with E-state index in [1.165, 1.54) is 24.1 Å². The number of hydrogen-bond acceptors (Lipinski definition) is 3. The molecule has 1 saturated carbocycles. The second-order valence-corrected chi connectivity index (χ2v) is 4.91. The molecule has 1 aliphatic heterocycles. The molecule has 0 spiro atoms. The van der Waals surface area contributed by atoms with Crippen molar-refractivity contribution in [2.24, 2.45) is 0 Å². The van der Waals surface area contributed by atoms with Crippen molar-refractivity contribution in [1.29, 1.82) is 0 Å². The maximum absolute atomic E-state index is 5.64. The van der Waals surface area contributed by atoms with Crippen molar-refractivity contribution in [3.05, 3.63) is 17.0 Å². The van der Waals surface area contributed by atoms with Crippen LogP contribution in [0.5, 0.6) is 0 Å². The number of H-pyrrole nitrogens is 1. The lowest BCUT2D eigenvalue weighted by molar-refractivity contribution is -0.0132. The number of morpholine rings is 1. The van der Waals surface area contributed by atoms with Gasteiger partial charge in [-0.1, -0.05) is 0 Å². The third-order valence-electron chi connectivity index (χ3n) is 3.70. The van der Waals surface area contributed by atoms with Crippen LogP contribution in [0.15, 0.2) is 0 Å². The third kappa shape index (κ3) is 1.66. The van der Waals surface area contributed by atoms with Gasteiger partial charge in [0.25, 0.3) is 0 Å². The quantitative estimate of drug-likeness (QED) is 0.824. The first kappa shape index (κ1) is 10.3. The highest BCUT2D eigenvalue weighted by Crippen LogP contribution is 2.37. The molecule has 1 aromatic heterocycles. The summed E-state index contributed by atoms with van der Waals surface area (Å²) >= 11 is 0. The largest absolute Gasteiger partial charge is 0.378 e. The van der Waals surface area contributed by atoms with Crippen molar-refractivity contribution in [2.75, 3.05) is 19.8 Å². The van der Waals surface area contributed by atoms with Gasteiger partial charge in [-0.15, -0.1) is 0 Å². The summed E-state index contributed by atoms with van der Waals surface area (Å²) in [5.74, 6) is 0. The monoisotopic (exact) mass is 221 g/mol. The summed E-state index contributed by atoms with van der Waals surface area (Å²) in [6, 6.07) is 1.21. The van der Waals surface area contributed by atoms with Crippen molar-refractivity contribution < 1.29 is 4.74 Å². The maximum atomic E-state index is 5.64. The molecule has 2 aliphatic rings. The molecule has 2 heterocycles. The lowest BCUT2D eigenvalue weighted by atomic mass is 10.0. The molecule has 0 bridgehead atoms. The van der Waals surface area contributed by atoms with Crippen LogP contribution in [0.4, 0.5) is 0 Å². The van der Waals surface area contributed by atoms with Crippen LogP contribution >= 0.6 is 0 Å². The first-order valence-corrected chi connectivity index (χ1v) is 6.12. The summed E-state index contributed by atoms with van der Waals surface area (Å²) in [6.45, 7) is 6.95. The summed E-state index contributed by atoms with van der Waals surface area (Å²) in [6.07, 6.45) is 2.71. The Morgan fingerprint density at radius 2 is 2.19 bits per heavy atom. The molecular formula is C12H19N3O. The average molecular weight is 221 g/mol. The molecule has 1 aliphatic carbocycles. The standard InChI is InChI=1S/C12H19N3O/c1-8-12(9(2)14-13-8)11-7-16-6-5-15(11)10-3-4-10/h10-11H,3-7H2,1-2H3,(H,13,14). The number of nitrogens with zero attached hydrogens (tertiary/aromatic N) is 2. The number of rotatable bonds is 2. The molecule has 1 unspecified atom stereocenters. The normalized spacial score (nSPS) is 27.2. The fourth-order valence-electron chi connectivity index (χ4n) is 2.76. The van der Waals surface area contributed by atoms with Gasteiger partial charge in [0.15, 0.2) is 0 Å². The highest BCUT2D eigenvalue weighted by atomic mass is 16.5. The minimum Gasteiger partial charge on any atom is -0.378 e. The second kappa shape index (κ2) is 3.86. The highest BCUT2D eigenvalue weighted by Gasteiger charge is 2.37. The van der Waals surface area contributed by atoms with Gasteiger partial charge in [0.1, 0.15) is 0 Å². The smallest absolute Gasteiger partial charge is 0.0665 e. The van der Waals surface area contributed by atoms with E-state index in [1.807, 2.05) is 0 Å². The van der Waals surface area contributed by atoms with E-state index < -0.39 is 0 Å². The molecule has 0 aromatic carbocycles. The Labute approximate surface area is 96.0 Å². The Morgan fingerprint density at radius 3 is 2.81 bits per heavy atom. The number of aromatic amines is 1. The third-order valence-corrected chi connectivity index (χ3v) is 3.70. The molecule has 1 aromatic rings. The first-order valence-electron chi connectivity index (χ1n) is 6.12. The summed E-state index contributed by atoms with van der Waals surface area (Å²) in [5.41, 5.74) is 3.67. The van der Waals surface area contributed by atoms with E-state index in [9.17, 15) is 0 Å². The van der Waals surface area contributed by atoms with Gasteiger partial charge in [0.2, 0.25) is 0 Å². The van der Waals surface area contributed by atoms with E-state index in [0.29, 0.717) is 6.04 Å². The number of aryl methyl sites for hydroxylation is 2. The lowest BCUT2D eigenvalue weighted by Gasteiger charge is -2.36. The van der Waals surface area contributed by atoms with E-state index in [0.717, 1.165) is 31.5 Å². The summed E-state index contributed by atoms with van der Waals surface area (Å²) in [5, 5.41) is 7.38. The van der Waals surface area contributed by atoms with Gasteiger partial charge in [-0.2, -0.15) is 5.10 Å². The summed E-state index contributed by atoms with van der Waals surface area (Å²) in [4.78, 5) is 2.61. The SMILES string of the molecule is Cc1n[nH]c(C)c1C1COCCN1C1CC1. The minimum atomic E-state index is 0.417. The van der Waals surface area contributed by atoms with Crippen LogP contribution in [0.3, 0.4) is 0 Å². The predicted octanol–water partition coefficient (Wildman–Crippen LogP) is 1.56. The van der Waals surface area contributed by atoms with Crippen molar-refractivity contribution in [3.63, 3.8) is 0 Å². The molecule has 4 nitrogen and oxygen atoms in total. The topological polar surface area (TPSA) is 41.1 Å². The Hall–Kier alpha value is -0.870. The van der Waals surface area contributed by atoms with Crippen LogP contribution in [0, 0.1) is 13.8 Å². The van der Waals surface area contributed by atoms with Crippen molar-refractivity contribution in [2.45, 2.75) is 38.8 Å². The molecule has 4 heteroatoms. The van der Waals surface area contributed by atoms with Crippen LogP contribution in [0.1, 0.15) is 35.8 Å². The van der Waals surface area contributed by atoms with Crippen molar-refractivity contribution in [1.82, 2.24) is 15.1 Å². The number of aromatic nitrogens is 2.